The first-order valence-electron chi connectivity index (χ1n) is 9.98. The van der Waals surface area contributed by atoms with Crippen LogP contribution in [0.1, 0.15) is 30.3 Å². The molecule has 0 bridgehead atoms. The number of anilines is 1. The minimum atomic E-state index is -0.329. The van der Waals surface area contributed by atoms with Gasteiger partial charge in [0, 0.05) is 25.4 Å². The number of hydrogen-bond acceptors (Lipinski definition) is 9. The van der Waals surface area contributed by atoms with Crippen molar-refractivity contribution >= 4 is 11.7 Å². The molecule has 1 aromatic carbocycles. The molecule has 10 heteroatoms. The zero-order valence-electron chi connectivity index (χ0n) is 17.4. The van der Waals surface area contributed by atoms with Crippen LogP contribution in [0.5, 0.6) is 5.75 Å². The van der Waals surface area contributed by atoms with E-state index in [0.29, 0.717) is 23.1 Å². The van der Waals surface area contributed by atoms with Gasteiger partial charge in [0.2, 0.25) is 11.7 Å². The summed E-state index contributed by atoms with van der Waals surface area (Å²) < 4.78 is 15.9. The number of ether oxygens (including phenoxy) is 2. The summed E-state index contributed by atoms with van der Waals surface area (Å²) in [4.78, 5) is 27.0. The highest BCUT2D eigenvalue weighted by atomic mass is 16.5. The molecule has 0 unspecified atom stereocenters. The Morgan fingerprint density at radius 2 is 2.19 bits per heavy atom. The van der Waals surface area contributed by atoms with Crippen molar-refractivity contribution < 1.29 is 18.8 Å². The fourth-order valence-corrected chi connectivity index (χ4v) is 3.72. The van der Waals surface area contributed by atoms with Crippen LogP contribution in [-0.4, -0.2) is 58.3 Å². The number of nitrogens with one attached hydrogen (secondary N) is 1. The number of aromatic nitrogens is 4. The number of benzene rings is 1. The molecule has 0 saturated carbocycles. The Bertz CT molecular complexity index is 1040. The SMILES string of the molecule is COCC(=O)Nc1ncncc1-c1noc([C@@H]2CCCN2Cc2ccccc2OC)n1. The monoisotopic (exact) mass is 424 g/mol. The second-order valence-corrected chi connectivity index (χ2v) is 7.16. The molecule has 162 valence electrons. The van der Waals surface area contributed by atoms with Crippen LogP contribution >= 0.6 is 0 Å². The molecule has 0 aliphatic carbocycles. The van der Waals surface area contributed by atoms with E-state index >= 15 is 0 Å². The third kappa shape index (κ3) is 4.70. The zero-order chi connectivity index (χ0) is 21.6. The van der Waals surface area contributed by atoms with Crippen LogP contribution in [0.3, 0.4) is 0 Å². The summed E-state index contributed by atoms with van der Waals surface area (Å²) in [5, 5.41) is 6.80. The molecule has 3 aromatic rings. The highest BCUT2D eigenvalue weighted by Gasteiger charge is 2.31. The minimum Gasteiger partial charge on any atom is -0.496 e. The van der Waals surface area contributed by atoms with Crippen molar-refractivity contribution in [3.8, 4) is 17.1 Å². The lowest BCUT2D eigenvalue weighted by molar-refractivity contribution is -0.119. The maximum atomic E-state index is 11.9. The van der Waals surface area contributed by atoms with E-state index in [4.69, 9.17) is 14.0 Å². The molecule has 1 atom stereocenters. The van der Waals surface area contributed by atoms with Gasteiger partial charge in [-0.25, -0.2) is 9.97 Å². The normalized spacial score (nSPS) is 16.4. The van der Waals surface area contributed by atoms with E-state index in [1.807, 2.05) is 18.2 Å². The quantitative estimate of drug-likeness (QED) is 0.582. The summed E-state index contributed by atoms with van der Waals surface area (Å²) >= 11 is 0. The fourth-order valence-electron chi connectivity index (χ4n) is 3.72. The van der Waals surface area contributed by atoms with Gasteiger partial charge in [-0.3, -0.25) is 9.69 Å². The molecule has 1 saturated heterocycles. The molecular formula is C21H24N6O4. The standard InChI is InChI=1S/C21H24N6O4/c1-29-12-18(28)24-19-15(10-22-13-23-19)20-25-21(31-26-20)16-7-5-9-27(16)11-14-6-3-4-8-17(14)30-2/h3-4,6,8,10,13,16H,5,7,9,11-12H2,1-2H3,(H,22,23,24,28)/t16-/m0/s1. The van der Waals surface area contributed by atoms with Gasteiger partial charge in [0.15, 0.2) is 0 Å². The van der Waals surface area contributed by atoms with Crippen molar-refractivity contribution in [2.75, 3.05) is 32.7 Å². The van der Waals surface area contributed by atoms with Crippen molar-refractivity contribution in [3.05, 3.63) is 48.2 Å². The lowest BCUT2D eigenvalue weighted by Crippen LogP contribution is -2.23. The molecule has 0 radical (unpaired) electrons. The predicted molar refractivity (Wildman–Crippen MR) is 111 cm³/mol. The Kier molecular flexibility index (Phi) is 6.48. The van der Waals surface area contributed by atoms with Crippen LogP contribution in [0.15, 0.2) is 41.3 Å². The third-order valence-electron chi connectivity index (χ3n) is 5.14. The van der Waals surface area contributed by atoms with E-state index in [1.54, 1.807) is 13.3 Å². The molecular weight excluding hydrogens is 400 g/mol. The minimum absolute atomic E-state index is 0.00215. The second-order valence-electron chi connectivity index (χ2n) is 7.16. The van der Waals surface area contributed by atoms with Gasteiger partial charge in [0.25, 0.3) is 5.91 Å². The van der Waals surface area contributed by atoms with Crippen LogP contribution in [0, 0.1) is 0 Å². The number of amides is 1. The van der Waals surface area contributed by atoms with Gasteiger partial charge in [-0.1, -0.05) is 23.4 Å². The number of hydrogen-bond donors (Lipinski definition) is 1. The average molecular weight is 424 g/mol. The maximum Gasteiger partial charge on any atom is 0.251 e. The number of carbonyl (C=O) groups is 1. The molecule has 0 spiro atoms. The Morgan fingerprint density at radius 3 is 3.03 bits per heavy atom. The number of para-hydroxylation sites is 1. The first-order valence-corrected chi connectivity index (χ1v) is 9.98. The number of methoxy groups -OCH3 is 2. The topological polar surface area (TPSA) is 116 Å². The van der Waals surface area contributed by atoms with Crippen LogP contribution in [0.4, 0.5) is 5.82 Å². The first kappa shape index (κ1) is 20.9. The largest absolute Gasteiger partial charge is 0.496 e. The summed E-state index contributed by atoms with van der Waals surface area (Å²) in [6.07, 6.45) is 4.84. The van der Waals surface area contributed by atoms with Gasteiger partial charge in [-0.05, 0) is 25.5 Å². The van der Waals surface area contributed by atoms with E-state index in [1.165, 1.54) is 13.4 Å². The maximum absolute atomic E-state index is 11.9. The summed E-state index contributed by atoms with van der Waals surface area (Å²) in [5.41, 5.74) is 1.59. The fraction of sp³-hybridized carbons (Fsp3) is 0.381. The predicted octanol–water partition coefficient (Wildman–Crippen LogP) is 2.46. The molecule has 1 aliphatic rings. The van der Waals surface area contributed by atoms with E-state index < -0.39 is 0 Å². The highest BCUT2D eigenvalue weighted by molar-refractivity contribution is 5.93. The lowest BCUT2D eigenvalue weighted by Gasteiger charge is -2.22. The summed E-state index contributed by atoms with van der Waals surface area (Å²) in [6, 6.07) is 7.98. The number of rotatable bonds is 8. The summed E-state index contributed by atoms with van der Waals surface area (Å²) in [6.45, 7) is 1.56. The van der Waals surface area contributed by atoms with Gasteiger partial charge in [0.1, 0.15) is 24.5 Å². The third-order valence-corrected chi connectivity index (χ3v) is 5.14. The van der Waals surface area contributed by atoms with Crippen LogP contribution in [-0.2, 0) is 16.1 Å². The van der Waals surface area contributed by atoms with Gasteiger partial charge in [-0.2, -0.15) is 4.98 Å². The molecule has 2 aromatic heterocycles. The van der Waals surface area contributed by atoms with Crippen molar-refractivity contribution in [1.82, 2.24) is 25.0 Å². The van der Waals surface area contributed by atoms with Crippen molar-refractivity contribution in [2.45, 2.75) is 25.4 Å². The summed E-state index contributed by atoms with van der Waals surface area (Å²) in [7, 11) is 3.12. The van der Waals surface area contributed by atoms with Crippen LogP contribution in [0.2, 0.25) is 0 Å². The Balaban J connectivity index is 1.54. The van der Waals surface area contributed by atoms with Gasteiger partial charge < -0.3 is 19.3 Å². The zero-order valence-corrected chi connectivity index (χ0v) is 17.4. The Labute approximate surface area is 179 Å². The van der Waals surface area contributed by atoms with E-state index in [0.717, 1.165) is 37.2 Å². The number of carbonyl (C=O) groups excluding carboxylic acids is 1. The molecule has 1 fully saturated rings. The Morgan fingerprint density at radius 1 is 1.32 bits per heavy atom. The molecule has 1 aliphatic heterocycles. The molecule has 4 rings (SSSR count). The van der Waals surface area contributed by atoms with Crippen molar-refractivity contribution in [1.29, 1.82) is 0 Å². The van der Waals surface area contributed by atoms with Gasteiger partial charge in [0.05, 0.1) is 18.7 Å². The molecule has 10 nitrogen and oxygen atoms in total. The first-order chi connectivity index (χ1) is 15.2. The van der Waals surface area contributed by atoms with Crippen LogP contribution in [0.25, 0.3) is 11.4 Å². The van der Waals surface area contributed by atoms with Crippen molar-refractivity contribution in [2.24, 2.45) is 0 Å². The molecule has 1 N–H and O–H groups in total. The molecule has 3 heterocycles. The number of nitrogens with zero attached hydrogens (tertiary/aromatic N) is 5. The summed E-state index contributed by atoms with van der Waals surface area (Å²) in [5.74, 6) is 1.69. The smallest absolute Gasteiger partial charge is 0.251 e. The van der Waals surface area contributed by atoms with Gasteiger partial charge >= 0.3 is 0 Å². The van der Waals surface area contributed by atoms with E-state index in [2.05, 4.69) is 36.4 Å². The average Bonchev–Trinajstić information content (AvgIpc) is 3.44. The molecule has 31 heavy (non-hydrogen) atoms. The van der Waals surface area contributed by atoms with E-state index in [-0.39, 0.29) is 18.6 Å². The Hall–Kier alpha value is -3.37. The van der Waals surface area contributed by atoms with Gasteiger partial charge in [-0.15, -0.1) is 0 Å². The molecule has 1 amide bonds. The second kappa shape index (κ2) is 9.63. The van der Waals surface area contributed by atoms with E-state index in [9.17, 15) is 4.79 Å². The number of likely N-dealkylation sites (tertiary alicyclic amines) is 1. The van der Waals surface area contributed by atoms with Crippen molar-refractivity contribution in [3.63, 3.8) is 0 Å². The van der Waals surface area contributed by atoms with Crippen LogP contribution < -0.4 is 10.1 Å². The highest BCUT2D eigenvalue weighted by Crippen LogP contribution is 2.35. The lowest BCUT2D eigenvalue weighted by atomic mass is 10.1.